The van der Waals surface area contributed by atoms with Gasteiger partial charge in [-0.2, -0.15) is 0 Å². The van der Waals surface area contributed by atoms with Crippen LogP contribution in [0.1, 0.15) is 28.4 Å². The summed E-state index contributed by atoms with van der Waals surface area (Å²) in [5, 5.41) is 15.2. The first-order valence-electron chi connectivity index (χ1n) is 11.0. The van der Waals surface area contributed by atoms with Crippen LogP contribution in [0.15, 0.2) is 54.4 Å². The molecule has 0 bridgehead atoms. The van der Waals surface area contributed by atoms with E-state index in [2.05, 4.69) is 15.6 Å². The van der Waals surface area contributed by atoms with Crippen LogP contribution in [0.2, 0.25) is 0 Å². The van der Waals surface area contributed by atoms with E-state index in [1.807, 2.05) is 14.1 Å². The van der Waals surface area contributed by atoms with Gasteiger partial charge in [0, 0.05) is 44.8 Å². The van der Waals surface area contributed by atoms with Crippen molar-refractivity contribution in [3.8, 4) is 0 Å². The maximum absolute atomic E-state index is 14.0. The molecule has 8 nitrogen and oxygen atoms in total. The Morgan fingerprint density at radius 2 is 1.72 bits per heavy atom. The molecule has 3 rings (SSSR count). The summed E-state index contributed by atoms with van der Waals surface area (Å²) >= 11 is 0. The number of hydrogen-bond acceptors (Lipinski definition) is 5. The summed E-state index contributed by atoms with van der Waals surface area (Å²) in [4.78, 5) is 43.4. The molecular formula is C26H26F2N4O4. The molecule has 3 aromatic rings. The molecule has 2 amide bonds. The molecule has 0 saturated heterocycles. The van der Waals surface area contributed by atoms with Crippen LogP contribution < -0.4 is 10.6 Å². The molecule has 0 saturated carbocycles. The lowest BCUT2D eigenvalue weighted by atomic mass is 9.93. The summed E-state index contributed by atoms with van der Waals surface area (Å²) in [6.45, 7) is 1.80. The number of aliphatic carboxylic acids is 1. The van der Waals surface area contributed by atoms with Crippen molar-refractivity contribution < 1.29 is 28.3 Å². The lowest BCUT2D eigenvalue weighted by Gasteiger charge is -2.21. The van der Waals surface area contributed by atoms with Crippen molar-refractivity contribution >= 4 is 34.3 Å². The van der Waals surface area contributed by atoms with E-state index in [0.717, 1.165) is 18.2 Å². The highest BCUT2D eigenvalue weighted by molar-refractivity contribution is 6.23. The van der Waals surface area contributed by atoms with Gasteiger partial charge in [-0.15, -0.1) is 0 Å². The lowest BCUT2D eigenvalue weighted by molar-refractivity contribution is -0.139. The van der Waals surface area contributed by atoms with Crippen LogP contribution in [0.3, 0.4) is 0 Å². The molecule has 0 aliphatic heterocycles. The normalized spacial score (nSPS) is 12.5. The average Bonchev–Trinajstić information content (AvgIpc) is 2.84. The van der Waals surface area contributed by atoms with Gasteiger partial charge in [-0.25, -0.2) is 13.6 Å². The number of carbonyl (C=O) groups excluding carboxylic acids is 2. The van der Waals surface area contributed by atoms with E-state index in [-0.39, 0.29) is 12.3 Å². The Morgan fingerprint density at radius 1 is 1.06 bits per heavy atom. The third kappa shape index (κ3) is 5.32. The van der Waals surface area contributed by atoms with Crippen LogP contribution >= 0.6 is 0 Å². The number of rotatable bonds is 8. The number of halogens is 2. The number of likely N-dealkylation sites (N-methyl/N-ethyl adjacent to an activating group) is 1. The van der Waals surface area contributed by atoms with Gasteiger partial charge in [-0.1, -0.05) is 24.3 Å². The number of nitrogens with zero attached hydrogens (tertiary/aromatic N) is 2. The monoisotopic (exact) mass is 496 g/mol. The van der Waals surface area contributed by atoms with Crippen molar-refractivity contribution in [2.24, 2.45) is 0 Å². The van der Waals surface area contributed by atoms with E-state index in [4.69, 9.17) is 0 Å². The van der Waals surface area contributed by atoms with Gasteiger partial charge in [-0.3, -0.25) is 14.6 Å². The quantitative estimate of drug-likeness (QED) is 0.414. The fraction of sp³-hybridized carbons (Fsp3) is 0.231. The zero-order valence-corrected chi connectivity index (χ0v) is 20.2. The minimum Gasteiger partial charge on any atom is -0.480 e. The first kappa shape index (κ1) is 26.3. The standard InChI is InChI=1S/C26H26F2N4O4/c1-14(32(3)4)21(24(33)29-2)16-11-10-15(23-17(16)7-6-12-30-23)13-20(26(35)36)31-25(34)22-18(27)8-5-9-19(22)28/h5-12,20H,13H2,1-4H3,(H,29,33)(H,31,34)(H,35,36)/b21-14-/t20-/m0/s1. The highest BCUT2D eigenvalue weighted by atomic mass is 19.1. The Bertz CT molecular complexity index is 1350. The summed E-state index contributed by atoms with van der Waals surface area (Å²) in [5.74, 6) is -5.07. The fourth-order valence-electron chi connectivity index (χ4n) is 3.81. The molecule has 36 heavy (non-hydrogen) atoms. The first-order chi connectivity index (χ1) is 17.1. The van der Waals surface area contributed by atoms with Gasteiger partial charge >= 0.3 is 5.97 Å². The number of carboxylic acids is 1. The molecule has 0 fully saturated rings. The molecule has 1 aromatic heterocycles. The van der Waals surface area contributed by atoms with Gasteiger partial charge in [0.05, 0.1) is 11.1 Å². The number of fused-ring (bicyclic) bond motifs is 1. The minimum atomic E-state index is -1.50. The Morgan fingerprint density at radius 3 is 2.31 bits per heavy atom. The Balaban J connectivity index is 2.06. The molecule has 2 aromatic carbocycles. The zero-order valence-electron chi connectivity index (χ0n) is 20.2. The van der Waals surface area contributed by atoms with Crippen molar-refractivity contribution in [2.75, 3.05) is 21.1 Å². The highest BCUT2D eigenvalue weighted by Gasteiger charge is 2.26. The number of carbonyl (C=O) groups is 3. The van der Waals surface area contributed by atoms with Crippen LogP contribution in [0, 0.1) is 11.6 Å². The van der Waals surface area contributed by atoms with Crippen LogP contribution in [-0.4, -0.2) is 60.0 Å². The van der Waals surface area contributed by atoms with Crippen molar-refractivity contribution in [2.45, 2.75) is 19.4 Å². The Labute approximate surface area is 206 Å². The second-order valence-electron chi connectivity index (χ2n) is 8.27. The van der Waals surface area contributed by atoms with E-state index in [1.165, 1.54) is 13.2 Å². The molecule has 0 aliphatic carbocycles. The molecular weight excluding hydrogens is 470 g/mol. The highest BCUT2D eigenvalue weighted by Crippen LogP contribution is 2.30. The number of allylic oxidation sites excluding steroid dienone is 1. The number of carboxylic acid groups (broad SMARTS) is 1. The topological polar surface area (TPSA) is 112 Å². The maximum atomic E-state index is 14.0. The Kier molecular flexibility index (Phi) is 7.98. The zero-order chi connectivity index (χ0) is 26.6. The summed E-state index contributed by atoms with van der Waals surface area (Å²) in [7, 11) is 5.15. The molecule has 188 valence electrons. The van der Waals surface area contributed by atoms with Gasteiger partial charge in [0.25, 0.3) is 11.8 Å². The smallest absolute Gasteiger partial charge is 0.326 e. The molecule has 0 spiro atoms. The fourth-order valence-corrected chi connectivity index (χ4v) is 3.81. The predicted molar refractivity (Wildman–Crippen MR) is 131 cm³/mol. The van der Waals surface area contributed by atoms with Crippen molar-refractivity contribution in [1.29, 1.82) is 0 Å². The SMILES string of the molecule is CNC(=O)/C(=C(/C)N(C)C)c1ccc(C[C@H](NC(=O)c2c(F)cccc2F)C(=O)O)c2ncccc12. The molecule has 1 atom stereocenters. The lowest BCUT2D eigenvalue weighted by Crippen LogP contribution is -2.43. The van der Waals surface area contributed by atoms with E-state index >= 15 is 0 Å². The maximum Gasteiger partial charge on any atom is 0.326 e. The number of hydrogen-bond donors (Lipinski definition) is 3. The molecule has 1 heterocycles. The summed E-state index contributed by atoms with van der Waals surface area (Å²) in [6, 6.07) is 8.21. The van der Waals surface area contributed by atoms with Gasteiger partial charge in [0.1, 0.15) is 23.2 Å². The van der Waals surface area contributed by atoms with Gasteiger partial charge in [0.15, 0.2) is 0 Å². The van der Waals surface area contributed by atoms with Gasteiger partial charge < -0.3 is 20.6 Å². The van der Waals surface area contributed by atoms with Crippen LogP contribution in [0.25, 0.3) is 16.5 Å². The number of amides is 2. The van der Waals surface area contributed by atoms with E-state index in [0.29, 0.717) is 33.3 Å². The van der Waals surface area contributed by atoms with E-state index in [9.17, 15) is 28.3 Å². The molecule has 0 radical (unpaired) electrons. The second kappa shape index (κ2) is 10.9. The summed E-state index contributed by atoms with van der Waals surface area (Å²) in [5.41, 5.74) is 1.76. The van der Waals surface area contributed by atoms with E-state index < -0.39 is 35.1 Å². The third-order valence-electron chi connectivity index (χ3n) is 5.83. The average molecular weight is 497 g/mol. The molecule has 0 unspecified atom stereocenters. The first-order valence-corrected chi connectivity index (χ1v) is 11.0. The Hall–Kier alpha value is -4.34. The largest absolute Gasteiger partial charge is 0.480 e. The second-order valence-corrected chi connectivity index (χ2v) is 8.27. The van der Waals surface area contributed by atoms with Crippen LogP contribution in [-0.2, 0) is 16.0 Å². The summed E-state index contributed by atoms with van der Waals surface area (Å²) in [6.07, 6.45) is 1.32. The molecule has 10 heteroatoms. The van der Waals surface area contributed by atoms with Gasteiger partial charge in [-0.05, 0) is 36.2 Å². The third-order valence-corrected chi connectivity index (χ3v) is 5.83. The number of benzene rings is 2. The van der Waals surface area contributed by atoms with Crippen LogP contribution in [0.4, 0.5) is 8.78 Å². The van der Waals surface area contributed by atoms with Crippen molar-refractivity contribution in [3.63, 3.8) is 0 Å². The van der Waals surface area contributed by atoms with Crippen molar-refractivity contribution in [3.05, 3.63) is 82.7 Å². The van der Waals surface area contributed by atoms with E-state index in [1.54, 1.807) is 36.1 Å². The molecule has 0 aliphatic rings. The van der Waals surface area contributed by atoms with Gasteiger partial charge in [0.2, 0.25) is 0 Å². The van der Waals surface area contributed by atoms with Crippen molar-refractivity contribution in [1.82, 2.24) is 20.5 Å². The summed E-state index contributed by atoms with van der Waals surface area (Å²) < 4.78 is 28.1. The number of aromatic nitrogens is 1. The number of nitrogens with one attached hydrogen (secondary N) is 2. The number of pyridine rings is 1. The minimum absolute atomic E-state index is 0.212. The van der Waals surface area contributed by atoms with Crippen LogP contribution in [0.5, 0.6) is 0 Å². The molecule has 3 N–H and O–H groups in total. The predicted octanol–water partition coefficient (Wildman–Crippen LogP) is 2.98.